The molecule has 0 aromatic carbocycles. The molecule has 0 radical (unpaired) electrons. The highest BCUT2D eigenvalue weighted by Crippen LogP contribution is 2.32. The van der Waals surface area contributed by atoms with E-state index in [2.05, 4.69) is 60.9 Å². The minimum absolute atomic E-state index is 0.0316. The molecule has 1 unspecified atom stereocenters. The fraction of sp³-hybridized carbons (Fsp3) is 0.519. The van der Waals surface area contributed by atoms with Crippen molar-refractivity contribution in [1.29, 1.82) is 0 Å². The van der Waals surface area contributed by atoms with Crippen LogP contribution in [0.5, 0.6) is 0 Å². The van der Waals surface area contributed by atoms with Crippen LogP contribution in [0.3, 0.4) is 0 Å². The molecule has 178 valence electrons. The van der Waals surface area contributed by atoms with Crippen LogP contribution in [0.1, 0.15) is 88.0 Å². The first-order chi connectivity index (χ1) is 16.0. The molecule has 1 amide bonds. The molecule has 3 aromatic heterocycles. The maximum absolute atomic E-state index is 13.2. The number of rotatable bonds is 12. The molecule has 3 aromatic rings. The number of hydrogen-bond donors (Lipinski definition) is 1. The van der Waals surface area contributed by atoms with Crippen molar-refractivity contribution in [3.05, 3.63) is 46.7 Å². The molecular formula is C27H38N4OS. The predicted octanol–water partition coefficient (Wildman–Crippen LogP) is 7.04. The van der Waals surface area contributed by atoms with Crippen LogP contribution in [0.2, 0.25) is 0 Å². The number of amides is 1. The minimum Gasteiger partial charge on any atom is -0.349 e. The van der Waals surface area contributed by atoms with Gasteiger partial charge in [0, 0.05) is 41.1 Å². The summed E-state index contributed by atoms with van der Waals surface area (Å²) in [6.07, 6.45) is 9.20. The summed E-state index contributed by atoms with van der Waals surface area (Å²) in [7, 11) is 0. The molecule has 0 aliphatic rings. The van der Waals surface area contributed by atoms with E-state index in [1.165, 1.54) is 0 Å². The van der Waals surface area contributed by atoms with E-state index in [1.54, 1.807) is 11.3 Å². The number of carbonyl (C=O) groups excluding carboxylic acids is 1. The zero-order valence-corrected chi connectivity index (χ0v) is 21.6. The molecule has 0 aliphatic carbocycles. The summed E-state index contributed by atoms with van der Waals surface area (Å²) in [5, 5.41) is 6.37. The third kappa shape index (κ3) is 6.11. The average Bonchev–Trinajstić information content (AvgIpc) is 3.45. The number of aromatic nitrogens is 3. The highest BCUT2D eigenvalue weighted by molar-refractivity contribution is 7.13. The maximum Gasteiger partial charge on any atom is 0.253 e. The van der Waals surface area contributed by atoms with Crippen LogP contribution < -0.4 is 5.32 Å². The van der Waals surface area contributed by atoms with Crippen LogP contribution in [0.15, 0.2) is 29.8 Å². The van der Waals surface area contributed by atoms with Gasteiger partial charge in [0.15, 0.2) is 0 Å². The van der Waals surface area contributed by atoms with Crippen LogP contribution in [-0.4, -0.2) is 26.5 Å². The van der Waals surface area contributed by atoms with E-state index < -0.39 is 0 Å². The molecule has 0 spiro atoms. The van der Waals surface area contributed by atoms with Crippen LogP contribution in [0, 0.1) is 6.92 Å². The molecule has 33 heavy (non-hydrogen) atoms. The molecule has 0 fully saturated rings. The Morgan fingerprint density at radius 2 is 1.94 bits per heavy atom. The molecule has 1 atom stereocenters. The van der Waals surface area contributed by atoms with Gasteiger partial charge in [-0.2, -0.15) is 0 Å². The second-order valence-electron chi connectivity index (χ2n) is 8.68. The smallest absolute Gasteiger partial charge is 0.253 e. The minimum atomic E-state index is 0.0316. The van der Waals surface area contributed by atoms with E-state index in [1.807, 2.05) is 18.3 Å². The van der Waals surface area contributed by atoms with E-state index >= 15 is 0 Å². The van der Waals surface area contributed by atoms with Gasteiger partial charge in [0.25, 0.3) is 5.91 Å². The Bertz CT molecular complexity index is 1050. The molecule has 0 saturated carbocycles. The first kappa shape index (κ1) is 25.2. The number of pyridine rings is 1. The zero-order valence-electron chi connectivity index (χ0n) is 20.8. The van der Waals surface area contributed by atoms with Crippen molar-refractivity contribution < 1.29 is 4.79 Å². The number of unbranched alkanes of at least 4 members (excludes halogenated alkanes) is 2. The summed E-state index contributed by atoms with van der Waals surface area (Å²) in [4.78, 5) is 22.6. The Balaban J connectivity index is 1.93. The number of nitrogens with one attached hydrogen (secondary N) is 1. The highest BCUT2D eigenvalue weighted by Gasteiger charge is 2.21. The number of hydrogen-bond acceptors (Lipinski definition) is 4. The van der Waals surface area contributed by atoms with Gasteiger partial charge in [-0.3, -0.25) is 9.78 Å². The summed E-state index contributed by atoms with van der Waals surface area (Å²) in [6, 6.07) is 6.40. The maximum atomic E-state index is 13.2. The molecule has 6 heteroatoms. The number of nitrogens with zero attached hydrogens (tertiary/aromatic N) is 3. The van der Waals surface area contributed by atoms with Gasteiger partial charge in [-0.15, -0.1) is 11.3 Å². The van der Waals surface area contributed by atoms with Gasteiger partial charge in [0.1, 0.15) is 5.01 Å². The normalized spacial score (nSPS) is 12.2. The standard InChI is InChI=1S/C27H38N4OS/c1-6-10-12-21(8-3)29-26(32)23-17-25(31(19(23)5)15-11-7-2)24-18-33-27(30-24)20-13-14-28-22(9-4)16-20/h13-14,16-18,21H,6-12,15H2,1-5H3,(H,29,32). The Hall–Kier alpha value is -2.47. The van der Waals surface area contributed by atoms with Gasteiger partial charge in [-0.1, -0.05) is 47.0 Å². The lowest BCUT2D eigenvalue weighted by Gasteiger charge is -2.16. The second-order valence-corrected chi connectivity index (χ2v) is 9.54. The number of aryl methyl sites for hydroxylation is 1. The van der Waals surface area contributed by atoms with Crippen molar-refractivity contribution in [3.8, 4) is 22.0 Å². The SMILES string of the molecule is CCCCC(CC)NC(=O)c1cc(-c2csc(-c3ccnc(CC)c3)n2)n(CCCC)c1C. The Morgan fingerprint density at radius 1 is 1.15 bits per heavy atom. The van der Waals surface area contributed by atoms with Gasteiger partial charge < -0.3 is 9.88 Å². The number of carbonyl (C=O) groups is 1. The van der Waals surface area contributed by atoms with Crippen molar-refractivity contribution in [2.24, 2.45) is 0 Å². The molecule has 3 rings (SSSR count). The molecule has 1 N–H and O–H groups in total. The van der Waals surface area contributed by atoms with Gasteiger partial charge in [-0.25, -0.2) is 4.98 Å². The second kappa shape index (κ2) is 12.1. The molecule has 0 bridgehead atoms. The lowest BCUT2D eigenvalue weighted by Crippen LogP contribution is -2.34. The Kier molecular flexibility index (Phi) is 9.24. The van der Waals surface area contributed by atoms with Crippen molar-refractivity contribution in [1.82, 2.24) is 19.9 Å². The lowest BCUT2D eigenvalue weighted by atomic mass is 10.1. The Morgan fingerprint density at radius 3 is 2.64 bits per heavy atom. The summed E-state index contributed by atoms with van der Waals surface area (Å²) in [5.74, 6) is 0.0316. The first-order valence-corrected chi connectivity index (χ1v) is 13.3. The quantitative estimate of drug-likeness (QED) is 0.311. The lowest BCUT2D eigenvalue weighted by molar-refractivity contribution is 0.0932. The first-order valence-electron chi connectivity index (χ1n) is 12.4. The van der Waals surface area contributed by atoms with Crippen molar-refractivity contribution >= 4 is 17.2 Å². The van der Waals surface area contributed by atoms with Gasteiger partial charge in [-0.05, 0) is 50.8 Å². The van der Waals surface area contributed by atoms with Gasteiger partial charge in [0.2, 0.25) is 0 Å². The molecular weight excluding hydrogens is 428 g/mol. The largest absolute Gasteiger partial charge is 0.349 e. The third-order valence-corrected chi connectivity index (χ3v) is 7.16. The fourth-order valence-electron chi connectivity index (χ4n) is 4.11. The number of thiazole rings is 1. The van der Waals surface area contributed by atoms with Crippen LogP contribution in [-0.2, 0) is 13.0 Å². The fourth-order valence-corrected chi connectivity index (χ4v) is 4.92. The van der Waals surface area contributed by atoms with Crippen molar-refractivity contribution in [2.45, 2.75) is 92.2 Å². The monoisotopic (exact) mass is 466 g/mol. The molecule has 0 saturated heterocycles. The van der Waals surface area contributed by atoms with E-state index in [0.717, 1.165) is 90.4 Å². The molecule has 5 nitrogen and oxygen atoms in total. The van der Waals surface area contributed by atoms with Crippen LogP contribution in [0.25, 0.3) is 22.0 Å². The Labute approximate surface area is 202 Å². The predicted molar refractivity (Wildman–Crippen MR) is 139 cm³/mol. The molecule has 3 heterocycles. The molecule has 0 aliphatic heterocycles. The van der Waals surface area contributed by atoms with Crippen molar-refractivity contribution in [3.63, 3.8) is 0 Å². The highest BCUT2D eigenvalue weighted by atomic mass is 32.1. The van der Waals surface area contributed by atoms with Gasteiger partial charge >= 0.3 is 0 Å². The summed E-state index contributed by atoms with van der Waals surface area (Å²) >= 11 is 1.64. The van der Waals surface area contributed by atoms with E-state index in [-0.39, 0.29) is 11.9 Å². The van der Waals surface area contributed by atoms with E-state index in [4.69, 9.17) is 4.98 Å². The van der Waals surface area contributed by atoms with Crippen LogP contribution >= 0.6 is 11.3 Å². The summed E-state index contributed by atoms with van der Waals surface area (Å²) in [6.45, 7) is 11.6. The summed E-state index contributed by atoms with van der Waals surface area (Å²) < 4.78 is 2.27. The van der Waals surface area contributed by atoms with E-state index in [0.29, 0.717) is 0 Å². The van der Waals surface area contributed by atoms with Crippen molar-refractivity contribution in [2.75, 3.05) is 0 Å². The van der Waals surface area contributed by atoms with Crippen LogP contribution in [0.4, 0.5) is 0 Å². The average molecular weight is 467 g/mol. The third-order valence-electron chi connectivity index (χ3n) is 6.27. The topological polar surface area (TPSA) is 59.8 Å². The zero-order chi connectivity index (χ0) is 23.8. The van der Waals surface area contributed by atoms with E-state index in [9.17, 15) is 4.79 Å². The summed E-state index contributed by atoms with van der Waals surface area (Å²) in [5.41, 5.74) is 5.91. The van der Waals surface area contributed by atoms with Gasteiger partial charge in [0.05, 0.1) is 17.0 Å².